The molecule has 1 fully saturated rings. The largest absolute Gasteiger partial charge is 0.392 e. The Labute approximate surface area is 102 Å². The predicted molar refractivity (Wildman–Crippen MR) is 64.3 cm³/mol. The molecule has 1 unspecified atom stereocenters. The highest BCUT2D eigenvalue weighted by Crippen LogP contribution is 2.19. The Morgan fingerprint density at radius 3 is 2.35 bits per heavy atom. The van der Waals surface area contributed by atoms with E-state index in [9.17, 15) is 14.7 Å². The first kappa shape index (κ1) is 14.0. The number of aliphatic hydroxyl groups is 1. The minimum absolute atomic E-state index is 0.00523. The van der Waals surface area contributed by atoms with Crippen molar-refractivity contribution in [3.05, 3.63) is 0 Å². The second kappa shape index (κ2) is 6.00. The molecule has 0 spiro atoms. The number of carbonyl (C=O) groups is 2. The van der Waals surface area contributed by atoms with Gasteiger partial charge in [0, 0.05) is 39.5 Å². The fourth-order valence-corrected chi connectivity index (χ4v) is 2.24. The summed E-state index contributed by atoms with van der Waals surface area (Å²) in [6, 6.07) is 0. The molecule has 0 aliphatic carbocycles. The number of likely N-dealkylation sites (N-methyl/N-ethyl adjacent to an activating group) is 1. The van der Waals surface area contributed by atoms with Crippen molar-refractivity contribution in [1.29, 1.82) is 0 Å². The standard InChI is InChI=1S/C12H22N2O3/c1-9(15)8-13(3)12(17)11-4-6-14(7-5-11)10(2)16/h9,11,15H,4-8H2,1-3H3. The van der Waals surface area contributed by atoms with E-state index in [1.807, 2.05) is 0 Å². The summed E-state index contributed by atoms with van der Waals surface area (Å²) >= 11 is 0. The van der Waals surface area contributed by atoms with E-state index in [0.29, 0.717) is 19.6 Å². The molecular formula is C12H22N2O3. The summed E-state index contributed by atoms with van der Waals surface area (Å²) in [6.45, 7) is 4.91. The highest BCUT2D eigenvalue weighted by atomic mass is 16.3. The van der Waals surface area contributed by atoms with Crippen LogP contribution in [-0.4, -0.2) is 59.5 Å². The van der Waals surface area contributed by atoms with Gasteiger partial charge in [-0.2, -0.15) is 0 Å². The molecule has 2 amide bonds. The molecule has 0 bridgehead atoms. The molecule has 5 nitrogen and oxygen atoms in total. The van der Waals surface area contributed by atoms with Crippen molar-refractivity contribution in [2.24, 2.45) is 5.92 Å². The number of carbonyl (C=O) groups excluding carboxylic acids is 2. The van der Waals surface area contributed by atoms with Gasteiger partial charge in [-0.3, -0.25) is 9.59 Å². The van der Waals surface area contributed by atoms with Crippen LogP contribution in [0.1, 0.15) is 26.7 Å². The van der Waals surface area contributed by atoms with Crippen LogP contribution in [0.4, 0.5) is 0 Å². The molecule has 1 atom stereocenters. The zero-order valence-corrected chi connectivity index (χ0v) is 10.8. The van der Waals surface area contributed by atoms with Crippen molar-refractivity contribution in [3.8, 4) is 0 Å². The van der Waals surface area contributed by atoms with Crippen LogP contribution in [0.25, 0.3) is 0 Å². The number of hydrogen-bond donors (Lipinski definition) is 1. The molecule has 1 heterocycles. The van der Waals surface area contributed by atoms with Crippen LogP contribution in [0.2, 0.25) is 0 Å². The second-order valence-corrected chi connectivity index (χ2v) is 4.85. The van der Waals surface area contributed by atoms with E-state index in [2.05, 4.69) is 0 Å². The van der Waals surface area contributed by atoms with Crippen molar-refractivity contribution in [1.82, 2.24) is 9.80 Å². The number of amides is 2. The first-order valence-electron chi connectivity index (χ1n) is 6.10. The van der Waals surface area contributed by atoms with E-state index in [4.69, 9.17) is 0 Å². The van der Waals surface area contributed by atoms with E-state index in [1.54, 1.807) is 30.7 Å². The Bertz CT molecular complexity index is 283. The van der Waals surface area contributed by atoms with E-state index >= 15 is 0 Å². The molecular weight excluding hydrogens is 220 g/mol. The molecule has 1 N–H and O–H groups in total. The Kier molecular flexibility index (Phi) is 4.93. The lowest BCUT2D eigenvalue weighted by Crippen LogP contribution is -2.44. The number of rotatable bonds is 3. The third-order valence-corrected chi connectivity index (χ3v) is 3.20. The highest BCUT2D eigenvalue weighted by Gasteiger charge is 2.28. The predicted octanol–water partition coefficient (Wildman–Crippen LogP) is 0.0841. The fourth-order valence-electron chi connectivity index (χ4n) is 2.24. The Hall–Kier alpha value is -1.10. The topological polar surface area (TPSA) is 60.9 Å². The quantitative estimate of drug-likeness (QED) is 0.762. The van der Waals surface area contributed by atoms with Gasteiger partial charge in [-0.25, -0.2) is 0 Å². The van der Waals surface area contributed by atoms with Gasteiger partial charge in [0.25, 0.3) is 0 Å². The molecule has 1 rings (SSSR count). The van der Waals surface area contributed by atoms with Crippen molar-refractivity contribution < 1.29 is 14.7 Å². The molecule has 0 radical (unpaired) electrons. The van der Waals surface area contributed by atoms with Crippen LogP contribution in [0.5, 0.6) is 0 Å². The number of hydrogen-bond acceptors (Lipinski definition) is 3. The normalized spacial score (nSPS) is 18.9. The maximum atomic E-state index is 12.0. The van der Waals surface area contributed by atoms with Crippen molar-refractivity contribution in [2.75, 3.05) is 26.7 Å². The lowest BCUT2D eigenvalue weighted by atomic mass is 9.95. The van der Waals surface area contributed by atoms with Gasteiger partial charge in [0.1, 0.15) is 0 Å². The first-order valence-corrected chi connectivity index (χ1v) is 6.10. The number of aliphatic hydroxyl groups excluding tert-OH is 1. The van der Waals surface area contributed by atoms with Crippen LogP contribution in [0.3, 0.4) is 0 Å². The summed E-state index contributed by atoms with van der Waals surface area (Å²) in [5.74, 6) is 0.150. The number of nitrogens with zero attached hydrogens (tertiary/aromatic N) is 2. The third-order valence-electron chi connectivity index (χ3n) is 3.20. The minimum atomic E-state index is -0.499. The van der Waals surface area contributed by atoms with Gasteiger partial charge in [0.05, 0.1) is 6.10 Å². The van der Waals surface area contributed by atoms with Gasteiger partial charge in [0.15, 0.2) is 0 Å². The highest BCUT2D eigenvalue weighted by molar-refractivity contribution is 5.79. The summed E-state index contributed by atoms with van der Waals surface area (Å²) in [6.07, 6.45) is 0.951. The second-order valence-electron chi connectivity index (χ2n) is 4.85. The van der Waals surface area contributed by atoms with Crippen LogP contribution >= 0.6 is 0 Å². The molecule has 1 aliphatic heterocycles. The van der Waals surface area contributed by atoms with Crippen molar-refractivity contribution >= 4 is 11.8 Å². The molecule has 0 aromatic heterocycles. The summed E-state index contributed by atoms with van der Waals surface area (Å²) in [5.41, 5.74) is 0. The van der Waals surface area contributed by atoms with Crippen LogP contribution in [0.15, 0.2) is 0 Å². The summed E-state index contributed by atoms with van der Waals surface area (Å²) in [4.78, 5) is 26.5. The van der Waals surface area contributed by atoms with Crippen LogP contribution in [-0.2, 0) is 9.59 Å². The fraction of sp³-hybridized carbons (Fsp3) is 0.833. The summed E-state index contributed by atoms with van der Waals surface area (Å²) in [5, 5.41) is 9.24. The van der Waals surface area contributed by atoms with Gasteiger partial charge in [-0.05, 0) is 19.8 Å². The van der Waals surface area contributed by atoms with Gasteiger partial charge in [0.2, 0.25) is 11.8 Å². The van der Waals surface area contributed by atoms with Crippen molar-refractivity contribution in [3.63, 3.8) is 0 Å². The summed E-state index contributed by atoms with van der Waals surface area (Å²) < 4.78 is 0. The SMILES string of the molecule is CC(=O)N1CCC(C(=O)N(C)CC(C)O)CC1. The monoisotopic (exact) mass is 242 g/mol. The van der Waals surface area contributed by atoms with Gasteiger partial charge < -0.3 is 14.9 Å². The molecule has 5 heteroatoms. The van der Waals surface area contributed by atoms with E-state index in [-0.39, 0.29) is 17.7 Å². The Morgan fingerprint density at radius 1 is 1.41 bits per heavy atom. The molecule has 0 aromatic carbocycles. The average Bonchev–Trinajstić information content (AvgIpc) is 2.27. The molecule has 0 aromatic rings. The molecule has 1 aliphatic rings. The van der Waals surface area contributed by atoms with E-state index in [0.717, 1.165) is 12.8 Å². The maximum absolute atomic E-state index is 12.0. The molecule has 1 saturated heterocycles. The first-order chi connectivity index (χ1) is 7.91. The summed E-state index contributed by atoms with van der Waals surface area (Å²) in [7, 11) is 1.71. The van der Waals surface area contributed by atoms with Crippen LogP contribution < -0.4 is 0 Å². The minimum Gasteiger partial charge on any atom is -0.392 e. The zero-order valence-electron chi connectivity index (χ0n) is 10.8. The zero-order chi connectivity index (χ0) is 13.0. The number of likely N-dealkylation sites (tertiary alicyclic amines) is 1. The number of piperidine rings is 1. The average molecular weight is 242 g/mol. The lowest BCUT2D eigenvalue weighted by Gasteiger charge is -2.32. The van der Waals surface area contributed by atoms with Crippen LogP contribution in [0, 0.1) is 5.92 Å². The Morgan fingerprint density at radius 2 is 1.94 bits per heavy atom. The molecule has 0 saturated carbocycles. The Balaban J connectivity index is 2.43. The molecule has 17 heavy (non-hydrogen) atoms. The lowest BCUT2D eigenvalue weighted by molar-refractivity contribution is -0.139. The smallest absolute Gasteiger partial charge is 0.225 e. The van der Waals surface area contributed by atoms with Gasteiger partial charge >= 0.3 is 0 Å². The third kappa shape index (κ3) is 4.00. The maximum Gasteiger partial charge on any atom is 0.225 e. The van der Waals surface area contributed by atoms with Gasteiger partial charge in [-0.1, -0.05) is 0 Å². The van der Waals surface area contributed by atoms with Crippen molar-refractivity contribution in [2.45, 2.75) is 32.8 Å². The van der Waals surface area contributed by atoms with Gasteiger partial charge in [-0.15, -0.1) is 0 Å². The van der Waals surface area contributed by atoms with E-state index < -0.39 is 6.10 Å². The molecule has 98 valence electrons. The van der Waals surface area contributed by atoms with E-state index in [1.165, 1.54) is 0 Å².